The SMILES string of the molecule is Nc1nc2c(ncn2[C@@H]2S[C@@H]3COP(=O)(S)O[C@H]4[C@H](F)[C@H](n5ccc6c(N)ccnc65)O[C@@H]4COP(O)(=S)O[C@@H]2C3)c(=O)[nH]1.Nc1nc2c(ncn2[C@@H]2S[C@@H]3COP(O)(=S)O[C@H]4[C@H](F)[C@H](n5ccc6c(N)ccnc65)O[C@@H]4COP(O)(=S)O[C@@H]2[C@H]3F)c(=O)[nH]1.Nc1nc2c(nnn2[C@@H]2O[C@@H]3COP(O)(=S)O[C@H]4C[C@H](n5ccc6c(N)ccnc65)O[C@@H]4COP(O)(=S)O[C@@H]2C3)c(=O)[nH]1. The molecule has 9 aliphatic rings. The summed E-state index contributed by atoms with van der Waals surface area (Å²) in [5.74, 6) is -0.480. The Hall–Kier alpha value is -6.67. The first kappa shape index (κ1) is 94.3. The summed E-state index contributed by atoms with van der Waals surface area (Å²) in [6.45, 7) is -26.6. The van der Waals surface area contributed by atoms with Crippen LogP contribution in [0.2, 0.25) is 0 Å². The smallest absolute Gasteiger partial charge is 0.386 e. The summed E-state index contributed by atoms with van der Waals surface area (Å²) >= 11 is 32.8. The van der Waals surface area contributed by atoms with Crippen LogP contribution in [0.1, 0.15) is 54.9 Å². The Kier molecular flexibility index (Phi) is 26.1. The van der Waals surface area contributed by atoms with E-state index in [1.165, 1.54) is 61.4 Å². The molecule has 9 aliphatic heterocycles. The van der Waals surface area contributed by atoms with Crippen molar-refractivity contribution < 1.29 is 115 Å². The van der Waals surface area contributed by atoms with Crippen molar-refractivity contribution in [2.45, 2.75) is 145 Å². The van der Waals surface area contributed by atoms with Crippen molar-refractivity contribution in [3.8, 4) is 0 Å². The first-order valence-electron chi connectivity index (χ1n) is 39.1. The van der Waals surface area contributed by atoms with Crippen molar-refractivity contribution in [3.05, 3.63) is 117 Å². The van der Waals surface area contributed by atoms with E-state index in [1.807, 2.05) is 6.07 Å². The molecular formula is C65H74F3N25O25P6S8. The number of pyridine rings is 3. The molecule has 708 valence electrons. The van der Waals surface area contributed by atoms with Crippen LogP contribution in [-0.2, 0) is 137 Å². The summed E-state index contributed by atoms with van der Waals surface area (Å²) in [5, 5.41) is 6.64. The molecule has 27 atom stereocenters. The Morgan fingerprint density at radius 2 is 0.886 bits per heavy atom. The van der Waals surface area contributed by atoms with Gasteiger partial charge >= 0.3 is 40.4 Å². The van der Waals surface area contributed by atoms with Crippen molar-refractivity contribution in [2.24, 2.45) is 0 Å². The molecule has 6 bridgehead atoms. The van der Waals surface area contributed by atoms with Gasteiger partial charge in [-0.15, -0.1) is 28.6 Å². The first-order chi connectivity index (χ1) is 62.7. The normalized spacial score (nSPS) is 36.6. The monoisotopic (exact) mass is 2100 g/mol. The van der Waals surface area contributed by atoms with Gasteiger partial charge in [0.25, 0.3) is 16.7 Å². The number of rotatable bonds is 6. The first-order valence-corrected chi connectivity index (χ1v) is 56.7. The van der Waals surface area contributed by atoms with E-state index in [0.29, 0.717) is 44.8 Å². The molecule has 0 amide bonds. The van der Waals surface area contributed by atoms with Gasteiger partial charge in [-0.1, -0.05) is 17.5 Å². The van der Waals surface area contributed by atoms with Gasteiger partial charge in [0.1, 0.15) is 82.8 Å². The predicted octanol–water partition coefficient (Wildman–Crippen LogP) is 4.97. The highest BCUT2D eigenvalue weighted by Crippen LogP contribution is 2.63. The number of aromatic nitrogens is 19. The Balaban J connectivity index is 0.000000128. The van der Waals surface area contributed by atoms with Crippen LogP contribution in [0.5, 0.6) is 0 Å². The van der Waals surface area contributed by atoms with E-state index in [4.69, 9.17) is 167 Å². The van der Waals surface area contributed by atoms with Crippen molar-refractivity contribution in [2.75, 3.05) is 74.0 Å². The molecule has 0 saturated carbocycles. The summed E-state index contributed by atoms with van der Waals surface area (Å²) in [6, 6.07) is 10.0. The zero-order valence-corrected chi connectivity index (χ0v) is 78.7. The van der Waals surface area contributed by atoms with Gasteiger partial charge in [-0.05, 0) is 102 Å². The molecule has 0 aliphatic carbocycles. The van der Waals surface area contributed by atoms with Crippen LogP contribution in [0.15, 0.2) is 101 Å². The molecular weight excluding hydrogens is 2030 g/mol. The number of aromatic amines is 3. The average Bonchev–Trinajstić information content (AvgIpc) is 1.62. The van der Waals surface area contributed by atoms with Gasteiger partial charge in [-0.2, -0.15) is 19.6 Å². The van der Waals surface area contributed by atoms with Crippen molar-refractivity contribution in [3.63, 3.8) is 0 Å². The molecule has 0 radical (unpaired) electrons. The lowest BCUT2D eigenvalue weighted by atomic mass is 10.1. The Labute approximate surface area is 775 Å². The van der Waals surface area contributed by atoms with Gasteiger partial charge in [0, 0.05) is 88.5 Å². The van der Waals surface area contributed by atoms with E-state index in [1.54, 1.807) is 58.1 Å². The molecule has 12 aromatic heterocycles. The molecule has 20 N–H and O–H groups in total. The minimum Gasteiger partial charge on any atom is -0.398 e. The van der Waals surface area contributed by atoms with Gasteiger partial charge in [-0.25, -0.2) is 42.7 Å². The van der Waals surface area contributed by atoms with Crippen LogP contribution in [-0.4, -0.2) is 247 Å². The summed E-state index contributed by atoms with van der Waals surface area (Å²) in [4.78, 5) is 133. The number of H-pyrrole nitrogens is 3. The van der Waals surface area contributed by atoms with E-state index < -0.39 is 203 Å². The highest BCUT2D eigenvalue weighted by molar-refractivity contribution is 8.44. The molecule has 50 nitrogen and oxygen atoms in total. The zero-order chi connectivity index (χ0) is 92.9. The van der Waals surface area contributed by atoms with Gasteiger partial charge in [0.2, 0.25) is 17.8 Å². The number of fused-ring (bicyclic) bond motifs is 15. The highest BCUT2D eigenvalue weighted by Gasteiger charge is 2.57. The fourth-order valence-electron chi connectivity index (χ4n) is 16.3. The molecule has 9 fully saturated rings. The van der Waals surface area contributed by atoms with Crippen LogP contribution < -0.4 is 51.1 Å². The van der Waals surface area contributed by atoms with Crippen molar-refractivity contribution >= 4 is 237 Å². The minimum atomic E-state index is -4.26. The highest BCUT2D eigenvalue weighted by atomic mass is 32.7. The van der Waals surface area contributed by atoms with Crippen LogP contribution in [0.3, 0.4) is 0 Å². The summed E-state index contributed by atoms with van der Waals surface area (Å²) < 4.78 is 163. The van der Waals surface area contributed by atoms with Gasteiger partial charge in [0.05, 0.1) is 75.9 Å². The van der Waals surface area contributed by atoms with Gasteiger partial charge < -0.3 is 128 Å². The predicted molar refractivity (Wildman–Crippen MR) is 487 cm³/mol. The molecule has 67 heteroatoms. The molecule has 9 saturated heterocycles. The second-order valence-electron chi connectivity index (χ2n) is 30.7. The fourth-order valence-corrected chi connectivity index (χ4v) is 28.4. The number of nitrogens with zero attached hydrogens (tertiary/aromatic N) is 16. The Morgan fingerprint density at radius 3 is 1.44 bits per heavy atom. The van der Waals surface area contributed by atoms with Crippen LogP contribution >= 0.6 is 76.2 Å². The van der Waals surface area contributed by atoms with Crippen molar-refractivity contribution in [1.29, 1.82) is 0 Å². The Bertz CT molecular complexity index is 7020. The number of ether oxygens (including phenoxy) is 4. The number of nitrogen functional groups attached to an aromatic ring is 6. The summed E-state index contributed by atoms with van der Waals surface area (Å²) in [7, 11) is 0. The second kappa shape index (κ2) is 36.6. The number of nitrogens with one attached hydrogen (secondary N) is 3. The maximum absolute atomic E-state index is 16.1. The number of hydrogen-bond acceptors (Lipinski definition) is 43. The average molecular weight is 2100 g/mol. The van der Waals surface area contributed by atoms with Gasteiger partial charge in [0.15, 0.2) is 64.5 Å². The lowest BCUT2D eigenvalue weighted by Gasteiger charge is -2.27. The molecule has 6 unspecified atom stereocenters. The summed E-state index contributed by atoms with van der Waals surface area (Å²) in [5.41, 5.74) is 36.4. The molecule has 21 rings (SSSR count). The van der Waals surface area contributed by atoms with Crippen LogP contribution in [0, 0.1) is 0 Å². The lowest BCUT2D eigenvalue weighted by Crippen LogP contribution is -2.34. The third-order valence-electron chi connectivity index (χ3n) is 22.1. The molecule has 0 spiro atoms. The number of thiol groups is 1. The van der Waals surface area contributed by atoms with E-state index in [9.17, 15) is 43.4 Å². The van der Waals surface area contributed by atoms with Crippen molar-refractivity contribution in [1.82, 2.24) is 92.7 Å². The number of anilines is 6. The quantitative estimate of drug-likeness (QED) is 0.0771. The van der Waals surface area contributed by atoms with E-state index >= 15 is 13.2 Å². The number of nitrogens with two attached hydrogens (primary N) is 6. The van der Waals surface area contributed by atoms with E-state index in [0.717, 1.165) is 17.1 Å². The number of hydrogen-bond donors (Lipinski definition) is 15. The summed E-state index contributed by atoms with van der Waals surface area (Å²) in [6.07, 6.45) is -8.49. The second-order valence-corrected chi connectivity index (χ2v) is 50.3. The van der Waals surface area contributed by atoms with Gasteiger partial charge in [-0.3, -0.25) is 56.6 Å². The topological polar surface area (TPSA) is 679 Å². The lowest BCUT2D eigenvalue weighted by molar-refractivity contribution is -0.0635. The molecule has 132 heavy (non-hydrogen) atoms. The third-order valence-corrected chi connectivity index (χ3v) is 34.7. The van der Waals surface area contributed by atoms with E-state index in [-0.39, 0.29) is 90.4 Å². The Morgan fingerprint density at radius 1 is 0.432 bits per heavy atom. The number of imidazole rings is 2. The fraction of sp³-hybridized carbons (Fsp3) is 0.462. The standard InChI is InChI=1S/C22H24F2N8O8P2S3.C22H25FN8O8P2S3.C21H25N9O9P2S2/c23-12-11-6-37-42(35,44)39-15-10(38-20(13(15)24)31-4-2-8-9(25)1-3-27-17(8)31)5-36-41(34,43)40-16(12)21(45-11)32-7-28-14-18(32)29-22(26)30-19(14)33;23-14-16-13(37-20(14)30-4-2-10-11(24)1-3-26-17(10)30)7-36-40(33,42)38-12-5-9(6-35-41(34,43)39-16)44-21(12)31-8-27-15-18(31)28-22(25)29-19(15)32;22-11-1-3-24-17-10(11)2-4-29(17)15-6-12-14(37-15)8-35-41(33,43)39-13-5-9(7-34-40(32,42)38-12)36-20(13)30-18-16(27-28-30)19(31)26-21(23)25-18/h1-4,7,10-13,15-16,20-21H,5-6H2,(H2,25,27)(H,34,43)(H,35,44)(H3,26,29,30,33);1-4,8-9,12-14,16,20-21H,5-7H2,(H2,24,26)(H,33,42)(H,34,43)(H3,25,28,29,32);1-4,9,12-15,20H,5-8H2,(H2,22,24)(H,32,42)(H,33,43)(H3,23,25,26,31)/t10-,11-,12+,13+,15-,16-,20-,21-,41?,42?;9-,12+,13+,14-,16+,20+,21+,40?,41?;9-,12-,13+,14+,15+,20+,40?,41?/m100/s1. The molecule has 0 aromatic carbocycles. The molecule has 12 aromatic rings. The van der Waals surface area contributed by atoms with Crippen LogP contribution in [0.4, 0.5) is 48.1 Å². The third kappa shape index (κ3) is 19.0. The minimum absolute atomic E-state index is 0.0207. The largest absolute Gasteiger partial charge is 0.398 e. The number of thioether (sulfide) groups is 2. The number of alkyl halides is 3. The van der Waals surface area contributed by atoms with Crippen LogP contribution in [0.25, 0.3) is 66.6 Å². The number of halogens is 3. The molecule has 21 heterocycles. The van der Waals surface area contributed by atoms with E-state index in [2.05, 4.69) is 77.4 Å². The zero-order valence-electron chi connectivity index (χ0n) is 66.7. The maximum atomic E-state index is 16.1. The maximum Gasteiger partial charge on any atom is 0.386 e.